The van der Waals surface area contributed by atoms with Crippen molar-refractivity contribution in [3.63, 3.8) is 0 Å². The molecule has 5 heteroatoms. The summed E-state index contributed by atoms with van der Waals surface area (Å²) in [6.45, 7) is 3.59. The van der Waals surface area contributed by atoms with Gasteiger partial charge in [0.2, 0.25) is 0 Å². The topological polar surface area (TPSA) is 68.3 Å². The SMILES string of the molecule is CC(C)Oc1cc(Oc2ccccc2C#N)c(N)cc1F. The average Bonchev–Trinajstić information content (AvgIpc) is 2.44. The molecule has 21 heavy (non-hydrogen) atoms. The van der Waals surface area contributed by atoms with Gasteiger partial charge in [0.05, 0.1) is 17.4 Å². The molecule has 0 aromatic heterocycles. The van der Waals surface area contributed by atoms with Crippen LogP contribution in [-0.4, -0.2) is 6.10 Å². The number of benzene rings is 2. The molecule has 2 aromatic rings. The minimum Gasteiger partial charge on any atom is -0.488 e. The second-order valence-electron chi connectivity index (χ2n) is 4.70. The van der Waals surface area contributed by atoms with E-state index in [1.54, 1.807) is 38.1 Å². The highest BCUT2D eigenvalue weighted by Crippen LogP contribution is 2.34. The molecule has 4 nitrogen and oxygen atoms in total. The van der Waals surface area contributed by atoms with Crippen LogP contribution in [-0.2, 0) is 0 Å². The van der Waals surface area contributed by atoms with Gasteiger partial charge in [-0.2, -0.15) is 5.26 Å². The lowest BCUT2D eigenvalue weighted by atomic mass is 10.2. The molecule has 0 unspecified atom stereocenters. The van der Waals surface area contributed by atoms with Crippen molar-refractivity contribution < 1.29 is 13.9 Å². The third-order valence-electron chi connectivity index (χ3n) is 2.65. The van der Waals surface area contributed by atoms with Crippen LogP contribution in [0.25, 0.3) is 0 Å². The van der Waals surface area contributed by atoms with Crippen LogP contribution in [0.15, 0.2) is 36.4 Å². The van der Waals surface area contributed by atoms with Crippen molar-refractivity contribution in [3.05, 3.63) is 47.8 Å². The van der Waals surface area contributed by atoms with Gasteiger partial charge < -0.3 is 15.2 Å². The van der Waals surface area contributed by atoms with Crippen molar-refractivity contribution >= 4 is 5.69 Å². The van der Waals surface area contributed by atoms with Gasteiger partial charge in [-0.3, -0.25) is 0 Å². The zero-order chi connectivity index (χ0) is 15.4. The van der Waals surface area contributed by atoms with Gasteiger partial charge in [-0.15, -0.1) is 0 Å². The molecule has 0 aliphatic carbocycles. The Bertz CT molecular complexity index is 693. The number of hydrogen-bond acceptors (Lipinski definition) is 4. The van der Waals surface area contributed by atoms with Crippen LogP contribution in [0.4, 0.5) is 10.1 Å². The number of para-hydroxylation sites is 1. The minimum absolute atomic E-state index is 0.0589. The summed E-state index contributed by atoms with van der Waals surface area (Å²) in [5, 5.41) is 9.04. The predicted molar refractivity (Wildman–Crippen MR) is 77.8 cm³/mol. The smallest absolute Gasteiger partial charge is 0.167 e. The monoisotopic (exact) mass is 286 g/mol. The van der Waals surface area contributed by atoms with Gasteiger partial charge in [-0.05, 0) is 26.0 Å². The van der Waals surface area contributed by atoms with E-state index in [0.29, 0.717) is 11.3 Å². The number of nitrogen functional groups attached to an aromatic ring is 1. The van der Waals surface area contributed by atoms with Crippen LogP contribution in [0.5, 0.6) is 17.2 Å². The summed E-state index contributed by atoms with van der Waals surface area (Å²) in [6.07, 6.45) is -0.178. The van der Waals surface area contributed by atoms with Gasteiger partial charge in [0.25, 0.3) is 0 Å². The van der Waals surface area contributed by atoms with Crippen molar-refractivity contribution in [1.29, 1.82) is 5.26 Å². The van der Waals surface area contributed by atoms with E-state index in [4.69, 9.17) is 20.5 Å². The molecule has 108 valence electrons. The molecule has 0 amide bonds. The van der Waals surface area contributed by atoms with Crippen LogP contribution in [0.1, 0.15) is 19.4 Å². The van der Waals surface area contributed by atoms with E-state index in [2.05, 4.69) is 0 Å². The number of nitrogens with zero attached hydrogens (tertiary/aromatic N) is 1. The summed E-state index contributed by atoms with van der Waals surface area (Å²) in [6, 6.07) is 11.3. The van der Waals surface area contributed by atoms with Crippen LogP contribution in [0, 0.1) is 17.1 Å². The second-order valence-corrected chi connectivity index (χ2v) is 4.70. The van der Waals surface area contributed by atoms with Crippen molar-refractivity contribution in [2.24, 2.45) is 0 Å². The standard InChI is InChI=1S/C16H15FN2O2/c1-10(2)20-15-8-16(13(19)7-12(15)17)21-14-6-4-3-5-11(14)9-18/h3-8,10H,19H2,1-2H3. The lowest BCUT2D eigenvalue weighted by Gasteiger charge is -2.14. The van der Waals surface area contributed by atoms with Gasteiger partial charge in [-0.25, -0.2) is 4.39 Å². The maximum Gasteiger partial charge on any atom is 0.167 e. The molecule has 0 aliphatic rings. The lowest BCUT2D eigenvalue weighted by Crippen LogP contribution is -2.07. The number of nitriles is 1. The fourth-order valence-electron chi connectivity index (χ4n) is 1.75. The second kappa shape index (κ2) is 6.14. The van der Waals surface area contributed by atoms with Gasteiger partial charge in [0, 0.05) is 12.1 Å². The molecule has 0 saturated carbocycles. The summed E-state index contributed by atoms with van der Waals surface area (Å²) in [7, 11) is 0. The molecule has 0 saturated heterocycles. The Morgan fingerprint density at radius 1 is 1.14 bits per heavy atom. The number of hydrogen-bond donors (Lipinski definition) is 1. The first-order valence-corrected chi connectivity index (χ1v) is 6.44. The van der Waals surface area contributed by atoms with Crippen molar-refractivity contribution in [2.45, 2.75) is 20.0 Å². The Morgan fingerprint density at radius 2 is 1.86 bits per heavy atom. The summed E-state index contributed by atoms with van der Waals surface area (Å²) in [4.78, 5) is 0. The summed E-state index contributed by atoms with van der Waals surface area (Å²) in [5.74, 6) is 0.106. The highest BCUT2D eigenvalue weighted by molar-refractivity contribution is 5.58. The lowest BCUT2D eigenvalue weighted by molar-refractivity contribution is 0.230. The molecular weight excluding hydrogens is 271 g/mol. The third kappa shape index (κ3) is 3.42. The quantitative estimate of drug-likeness (QED) is 0.866. The number of halogens is 1. The molecule has 0 fully saturated rings. The van der Waals surface area contributed by atoms with Gasteiger partial charge in [0.15, 0.2) is 17.3 Å². The molecule has 0 atom stereocenters. The minimum atomic E-state index is -0.554. The number of anilines is 1. The number of rotatable bonds is 4. The van der Waals surface area contributed by atoms with Crippen LogP contribution >= 0.6 is 0 Å². The maximum absolute atomic E-state index is 13.8. The first kappa shape index (κ1) is 14.7. The molecule has 2 aromatic carbocycles. The van der Waals surface area contributed by atoms with Crippen LogP contribution in [0.3, 0.4) is 0 Å². The summed E-state index contributed by atoms with van der Waals surface area (Å²) in [5.41, 5.74) is 6.26. The highest BCUT2D eigenvalue weighted by atomic mass is 19.1. The number of nitrogens with two attached hydrogens (primary N) is 1. The highest BCUT2D eigenvalue weighted by Gasteiger charge is 2.13. The van der Waals surface area contributed by atoms with E-state index in [9.17, 15) is 4.39 Å². The van der Waals surface area contributed by atoms with Crippen LogP contribution in [0.2, 0.25) is 0 Å². The summed E-state index contributed by atoms with van der Waals surface area (Å²) < 4.78 is 24.7. The van der Waals surface area contributed by atoms with Gasteiger partial charge >= 0.3 is 0 Å². The van der Waals surface area contributed by atoms with Gasteiger partial charge in [-0.1, -0.05) is 12.1 Å². The summed E-state index contributed by atoms with van der Waals surface area (Å²) >= 11 is 0. The largest absolute Gasteiger partial charge is 0.488 e. The fraction of sp³-hybridized carbons (Fsp3) is 0.188. The third-order valence-corrected chi connectivity index (χ3v) is 2.65. The zero-order valence-corrected chi connectivity index (χ0v) is 11.8. The molecule has 0 heterocycles. The van der Waals surface area contributed by atoms with E-state index in [1.165, 1.54) is 6.07 Å². The predicted octanol–water partition coefficient (Wildman–Crippen LogP) is 3.86. The van der Waals surface area contributed by atoms with Crippen molar-refractivity contribution in [3.8, 4) is 23.3 Å². The first-order valence-electron chi connectivity index (χ1n) is 6.44. The average molecular weight is 286 g/mol. The Labute approximate surface area is 122 Å². The van der Waals surface area contributed by atoms with Crippen molar-refractivity contribution in [2.75, 3.05) is 5.73 Å². The number of ether oxygens (including phenoxy) is 2. The van der Waals surface area contributed by atoms with E-state index < -0.39 is 5.82 Å². The molecule has 0 spiro atoms. The molecule has 0 radical (unpaired) electrons. The Kier molecular flexibility index (Phi) is 4.29. The molecule has 0 aliphatic heterocycles. The Hall–Kier alpha value is -2.74. The molecule has 0 bridgehead atoms. The normalized spacial score (nSPS) is 10.2. The Morgan fingerprint density at radius 3 is 2.52 bits per heavy atom. The van der Waals surface area contributed by atoms with E-state index in [-0.39, 0.29) is 23.3 Å². The van der Waals surface area contributed by atoms with Gasteiger partial charge in [0.1, 0.15) is 11.8 Å². The molecule has 2 rings (SSSR count). The zero-order valence-electron chi connectivity index (χ0n) is 11.8. The van der Waals surface area contributed by atoms with E-state index in [1.807, 2.05) is 6.07 Å². The van der Waals surface area contributed by atoms with Crippen LogP contribution < -0.4 is 15.2 Å². The molecular formula is C16H15FN2O2. The van der Waals surface area contributed by atoms with E-state index in [0.717, 1.165) is 6.07 Å². The first-order chi connectivity index (χ1) is 10.0. The fourth-order valence-corrected chi connectivity index (χ4v) is 1.75. The Balaban J connectivity index is 2.38. The maximum atomic E-state index is 13.8. The van der Waals surface area contributed by atoms with Crippen molar-refractivity contribution in [1.82, 2.24) is 0 Å². The van der Waals surface area contributed by atoms with E-state index >= 15 is 0 Å². The molecule has 2 N–H and O–H groups in total.